The SMILES string of the molecule is O=C(Cl)c1c(F)cc(F)c(Br)c1Br. The Morgan fingerprint density at radius 2 is 1.77 bits per heavy atom. The van der Waals surface area contributed by atoms with E-state index < -0.39 is 16.9 Å². The molecule has 0 amide bonds. The minimum absolute atomic E-state index is 0.0231. The summed E-state index contributed by atoms with van der Waals surface area (Å²) in [6.07, 6.45) is 0. The van der Waals surface area contributed by atoms with E-state index in [2.05, 4.69) is 31.9 Å². The van der Waals surface area contributed by atoms with E-state index in [-0.39, 0.29) is 14.5 Å². The molecule has 1 aromatic rings. The lowest BCUT2D eigenvalue weighted by atomic mass is 10.2. The molecule has 0 radical (unpaired) electrons. The number of hydrogen-bond acceptors (Lipinski definition) is 1. The van der Waals surface area contributed by atoms with Gasteiger partial charge < -0.3 is 0 Å². The van der Waals surface area contributed by atoms with Crippen LogP contribution < -0.4 is 0 Å². The van der Waals surface area contributed by atoms with E-state index in [9.17, 15) is 13.6 Å². The number of halogens is 5. The first-order valence-electron chi connectivity index (χ1n) is 2.98. The molecule has 0 spiro atoms. The molecular weight excluding hydrogens is 333 g/mol. The van der Waals surface area contributed by atoms with Crippen LogP contribution in [0.4, 0.5) is 8.78 Å². The first-order chi connectivity index (χ1) is 5.95. The largest absolute Gasteiger partial charge is 0.275 e. The van der Waals surface area contributed by atoms with Crippen LogP contribution in [0.3, 0.4) is 0 Å². The third-order valence-electron chi connectivity index (χ3n) is 1.31. The fraction of sp³-hybridized carbons (Fsp3) is 0. The van der Waals surface area contributed by atoms with E-state index >= 15 is 0 Å². The van der Waals surface area contributed by atoms with Gasteiger partial charge in [-0.1, -0.05) is 0 Å². The zero-order valence-corrected chi connectivity index (χ0v) is 9.80. The molecule has 0 aliphatic rings. The number of carbonyl (C=O) groups excluding carboxylic acids is 1. The molecule has 0 aliphatic carbocycles. The van der Waals surface area contributed by atoms with Gasteiger partial charge in [-0.2, -0.15) is 0 Å². The molecule has 0 atom stereocenters. The van der Waals surface area contributed by atoms with Gasteiger partial charge in [0.05, 0.1) is 10.0 Å². The normalized spacial score (nSPS) is 10.2. The van der Waals surface area contributed by atoms with Crippen molar-refractivity contribution in [2.45, 2.75) is 0 Å². The van der Waals surface area contributed by atoms with Gasteiger partial charge in [0.15, 0.2) is 0 Å². The van der Waals surface area contributed by atoms with Gasteiger partial charge in [0.25, 0.3) is 5.24 Å². The van der Waals surface area contributed by atoms with Gasteiger partial charge in [0.1, 0.15) is 11.6 Å². The zero-order valence-electron chi connectivity index (χ0n) is 5.88. The molecule has 0 bridgehead atoms. The van der Waals surface area contributed by atoms with Crippen LogP contribution in [0.1, 0.15) is 10.4 Å². The van der Waals surface area contributed by atoms with E-state index in [1.54, 1.807) is 0 Å². The van der Waals surface area contributed by atoms with Crippen molar-refractivity contribution in [3.63, 3.8) is 0 Å². The fourth-order valence-corrected chi connectivity index (χ4v) is 1.92. The highest BCUT2D eigenvalue weighted by molar-refractivity contribution is 9.13. The standard InChI is InChI=1S/C7HBr2ClF2O/c8-5-3(12)1-2(11)4(6(5)9)7(10)13/h1H. The minimum atomic E-state index is -0.993. The van der Waals surface area contributed by atoms with Crippen LogP contribution in [0.5, 0.6) is 0 Å². The number of benzene rings is 1. The first kappa shape index (κ1) is 11.1. The summed E-state index contributed by atoms with van der Waals surface area (Å²) in [5.41, 5.74) is -0.380. The van der Waals surface area contributed by atoms with Crippen molar-refractivity contribution in [2.24, 2.45) is 0 Å². The molecular formula is C7HBr2ClF2O. The second-order valence-electron chi connectivity index (χ2n) is 2.12. The Morgan fingerprint density at radius 1 is 1.23 bits per heavy atom. The smallest absolute Gasteiger partial charge is 0.256 e. The summed E-state index contributed by atoms with van der Waals surface area (Å²) in [6.45, 7) is 0. The molecule has 0 saturated carbocycles. The third kappa shape index (κ3) is 2.08. The van der Waals surface area contributed by atoms with Crippen LogP contribution >= 0.6 is 43.5 Å². The van der Waals surface area contributed by atoms with Gasteiger partial charge in [0, 0.05) is 10.5 Å². The summed E-state index contributed by atoms with van der Waals surface area (Å²) in [5, 5.41) is -0.981. The van der Waals surface area contributed by atoms with E-state index in [0.717, 1.165) is 0 Å². The maximum absolute atomic E-state index is 12.9. The van der Waals surface area contributed by atoms with Crippen LogP contribution in [0.2, 0.25) is 0 Å². The first-order valence-corrected chi connectivity index (χ1v) is 4.94. The molecule has 0 heterocycles. The Balaban J connectivity index is 3.53. The van der Waals surface area contributed by atoms with Crippen molar-refractivity contribution in [3.8, 4) is 0 Å². The van der Waals surface area contributed by atoms with Gasteiger partial charge in [0.2, 0.25) is 0 Å². The summed E-state index contributed by atoms with van der Waals surface area (Å²) in [4.78, 5) is 10.7. The van der Waals surface area contributed by atoms with E-state index in [0.29, 0.717) is 6.07 Å². The Hall–Kier alpha value is 0. The van der Waals surface area contributed by atoms with Crippen LogP contribution in [0.15, 0.2) is 15.0 Å². The number of hydrogen-bond donors (Lipinski definition) is 0. The van der Waals surface area contributed by atoms with E-state index in [4.69, 9.17) is 11.6 Å². The Morgan fingerprint density at radius 3 is 2.23 bits per heavy atom. The van der Waals surface area contributed by atoms with Crippen molar-refractivity contribution in [3.05, 3.63) is 32.2 Å². The average molecular weight is 334 g/mol. The predicted octanol–water partition coefficient (Wildman–Crippen LogP) is 3.87. The summed E-state index contributed by atoms with van der Waals surface area (Å²) in [7, 11) is 0. The van der Waals surface area contributed by atoms with E-state index in [1.165, 1.54) is 0 Å². The molecule has 70 valence electrons. The molecule has 0 aromatic heterocycles. The molecule has 13 heavy (non-hydrogen) atoms. The van der Waals surface area contributed by atoms with Crippen molar-refractivity contribution in [1.82, 2.24) is 0 Å². The van der Waals surface area contributed by atoms with E-state index in [1.807, 2.05) is 0 Å². The summed E-state index contributed by atoms with van der Waals surface area (Å²) in [6, 6.07) is 0.588. The highest BCUT2D eigenvalue weighted by Gasteiger charge is 2.19. The Bertz CT molecular complexity index is 381. The summed E-state index contributed by atoms with van der Waals surface area (Å²) in [5.74, 6) is -1.79. The fourth-order valence-electron chi connectivity index (χ4n) is 0.746. The van der Waals surface area contributed by atoms with Crippen LogP contribution in [-0.4, -0.2) is 5.24 Å². The molecule has 0 unspecified atom stereocenters. The lowest BCUT2D eigenvalue weighted by molar-refractivity contribution is 0.107. The van der Waals surface area contributed by atoms with Crippen molar-refractivity contribution in [1.29, 1.82) is 0 Å². The van der Waals surface area contributed by atoms with Gasteiger partial charge in [-0.25, -0.2) is 8.78 Å². The van der Waals surface area contributed by atoms with Crippen LogP contribution in [-0.2, 0) is 0 Å². The lowest BCUT2D eigenvalue weighted by Gasteiger charge is -2.03. The molecule has 1 aromatic carbocycles. The molecule has 1 rings (SSSR count). The summed E-state index contributed by atoms with van der Waals surface area (Å²) < 4.78 is 25.7. The monoisotopic (exact) mass is 332 g/mol. The minimum Gasteiger partial charge on any atom is -0.275 e. The molecule has 0 aliphatic heterocycles. The van der Waals surface area contributed by atoms with Crippen LogP contribution in [0, 0.1) is 11.6 Å². The average Bonchev–Trinajstić information content (AvgIpc) is 1.99. The number of rotatable bonds is 1. The molecule has 6 heteroatoms. The molecule has 0 fully saturated rings. The maximum atomic E-state index is 12.9. The van der Waals surface area contributed by atoms with Crippen LogP contribution in [0.25, 0.3) is 0 Å². The zero-order chi connectivity index (χ0) is 10.2. The second-order valence-corrected chi connectivity index (χ2v) is 4.05. The van der Waals surface area contributed by atoms with Gasteiger partial charge in [-0.15, -0.1) is 0 Å². The second kappa shape index (κ2) is 4.02. The van der Waals surface area contributed by atoms with Crippen molar-refractivity contribution >= 4 is 48.7 Å². The van der Waals surface area contributed by atoms with Gasteiger partial charge >= 0.3 is 0 Å². The lowest BCUT2D eigenvalue weighted by Crippen LogP contribution is -1.98. The quantitative estimate of drug-likeness (QED) is 0.433. The summed E-state index contributed by atoms with van der Waals surface area (Å²) >= 11 is 10.8. The molecule has 0 N–H and O–H groups in total. The maximum Gasteiger partial charge on any atom is 0.256 e. The van der Waals surface area contributed by atoms with Crippen molar-refractivity contribution in [2.75, 3.05) is 0 Å². The Labute approximate surface area is 94.3 Å². The molecule has 0 saturated heterocycles. The Kier molecular flexibility index (Phi) is 3.43. The topological polar surface area (TPSA) is 17.1 Å². The highest BCUT2D eigenvalue weighted by atomic mass is 79.9. The van der Waals surface area contributed by atoms with Gasteiger partial charge in [-0.3, -0.25) is 4.79 Å². The predicted molar refractivity (Wildman–Crippen MR) is 51.9 cm³/mol. The highest BCUT2D eigenvalue weighted by Crippen LogP contribution is 2.32. The molecule has 1 nitrogen and oxygen atoms in total. The third-order valence-corrected chi connectivity index (χ3v) is 3.60. The van der Waals surface area contributed by atoms with Crippen molar-refractivity contribution < 1.29 is 13.6 Å². The number of carbonyl (C=O) groups is 1. The van der Waals surface area contributed by atoms with Gasteiger partial charge in [-0.05, 0) is 43.5 Å².